The molecule has 0 aliphatic rings. The van der Waals surface area contributed by atoms with E-state index in [2.05, 4.69) is 10.5 Å². The molecule has 17 heavy (non-hydrogen) atoms. The minimum atomic E-state index is -0.189. The number of hydrogen-bond acceptors (Lipinski definition) is 4. The van der Waals surface area contributed by atoms with E-state index in [1.165, 1.54) is 6.08 Å². The van der Waals surface area contributed by atoms with Crippen LogP contribution in [0.2, 0.25) is 0 Å². The molecule has 0 aromatic carbocycles. The Morgan fingerprint density at radius 1 is 1.53 bits per heavy atom. The molecule has 2 heterocycles. The van der Waals surface area contributed by atoms with Gasteiger partial charge in [-0.05, 0) is 42.3 Å². The van der Waals surface area contributed by atoms with Crippen LogP contribution in [-0.2, 0) is 4.79 Å². The Morgan fingerprint density at radius 3 is 2.94 bits per heavy atom. The van der Waals surface area contributed by atoms with E-state index in [4.69, 9.17) is 4.52 Å². The Morgan fingerprint density at radius 2 is 2.35 bits per heavy atom. The Hall–Kier alpha value is -1.88. The zero-order valence-electron chi connectivity index (χ0n) is 9.56. The van der Waals surface area contributed by atoms with Crippen molar-refractivity contribution in [1.29, 1.82) is 0 Å². The molecule has 0 aliphatic heterocycles. The molecule has 0 bridgehead atoms. The summed E-state index contributed by atoms with van der Waals surface area (Å²) in [4.78, 5) is 11.6. The van der Waals surface area contributed by atoms with Gasteiger partial charge in [0.2, 0.25) is 5.91 Å². The molecule has 1 N–H and O–H groups in total. The normalized spacial score (nSPS) is 10.9. The van der Waals surface area contributed by atoms with Gasteiger partial charge in [-0.3, -0.25) is 4.79 Å². The van der Waals surface area contributed by atoms with E-state index in [0.717, 1.165) is 5.56 Å². The maximum atomic E-state index is 11.6. The third-order valence-corrected chi connectivity index (χ3v) is 2.95. The van der Waals surface area contributed by atoms with Crippen LogP contribution in [0.5, 0.6) is 0 Å². The van der Waals surface area contributed by atoms with Crippen LogP contribution in [0.25, 0.3) is 6.08 Å². The number of aryl methyl sites for hydroxylation is 2. The highest BCUT2D eigenvalue weighted by molar-refractivity contribution is 7.08. The van der Waals surface area contributed by atoms with Gasteiger partial charge in [-0.15, -0.1) is 0 Å². The number of anilines is 1. The second-order valence-corrected chi connectivity index (χ2v) is 4.36. The average Bonchev–Trinajstić information content (AvgIpc) is 2.91. The number of carbonyl (C=O) groups excluding carboxylic acids is 1. The van der Waals surface area contributed by atoms with E-state index in [1.54, 1.807) is 31.3 Å². The summed E-state index contributed by atoms with van der Waals surface area (Å²) in [5.74, 6) is 0.422. The standard InChI is InChI=1S/C12H12N2O2S/c1-8-12(9(2)16-14-8)13-11(15)4-3-10-5-6-17-7-10/h3-7H,1-2H3,(H,13,15)/b4-3+. The summed E-state index contributed by atoms with van der Waals surface area (Å²) < 4.78 is 4.96. The van der Waals surface area contributed by atoms with Gasteiger partial charge in [-0.2, -0.15) is 11.3 Å². The van der Waals surface area contributed by atoms with Crippen molar-refractivity contribution in [1.82, 2.24) is 5.16 Å². The van der Waals surface area contributed by atoms with Crippen LogP contribution >= 0.6 is 11.3 Å². The van der Waals surface area contributed by atoms with Crippen molar-refractivity contribution in [2.45, 2.75) is 13.8 Å². The molecule has 2 rings (SSSR count). The van der Waals surface area contributed by atoms with E-state index >= 15 is 0 Å². The number of hydrogen-bond donors (Lipinski definition) is 1. The van der Waals surface area contributed by atoms with Gasteiger partial charge in [0.1, 0.15) is 11.4 Å². The number of rotatable bonds is 3. The van der Waals surface area contributed by atoms with Crippen molar-refractivity contribution in [2.24, 2.45) is 0 Å². The van der Waals surface area contributed by atoms with Gasteiger partial charge in [0.25, 0.3) is 0 Å². The minimum Gasteiger partial charge on any atom is -0.359 e. The smallest absolute Gasteiger partial charge is 0.248 e. The number of thiophene rings is 1. The minimum absolute atomic E-state index is 0.189. The fourth-order valence-electron chi connectivity index (χ4n) is 1.37. The largest absolute Gasteiger partial charge is 0.359 e. The lowest BCUT2D eigenvalue weighted by Crippen LogP contribution is -2.08. The zero-order chi connectivity index (χ0) is 12.3. The summed E-state index contributed by atoms with van der Waals surface area (Å²) in [6, 6.07) is 1.95. The highest BCUT2D eigenvalue weighted by atomic mass is 32.1. The van der Waals surface area contributed by atoms with E-state index in [9.17, 15) is 4.79 Å². The molecule has 0 aliphatic carbocycles. The topological polar surface area (TPSA) is 55.1 Å². The van der Waals surface area contributed by atoms with Gasteiger partial charge in [0.05, 0.1) is 0 Å². The summed E-state index contributed by atoms with van der Waals surface area (Å²) >= 11 is 1.59. The number of nitrogens with zero attached hydrogens (tertiary/aromatic N) is 1. The third-order valence-electron chi connectivity index (χ3n) is 2.25. The molecule has 1 amide bonds. The van der Waals surface area contributed by atoms with Crippen LogP contribution in [-0.4, -0.2) is 11.1 Å². The fraction of sp³-hybridized carbons (Fsp3) is 0.167. The van der Waals surface area contributed by atoms with Gasteiger partial charge in [0.15, 0.2) is 5.76 Å². The summed E-state index contributed by atoms with van der Waals surface area (Å²) in [5.41, 5.74) is 2.34. The molecule has 0 unspecified atom stereocenters. The Balaban J connectivity index is 2.03. The molecule has 0 spiro atoms. The molecular weight excluding hydrogens is 236 g/mol. The van der Waals surface area contributed by atoms with Crippen molar-refractivity contribution >= 4 is 29.0 Å². The van der Waals surface area contributed by atoms with E-state index in [1.807, 2.05) is 16.8 Å². The summed E-state index contributed by atoms with van der Waals surface area (Å²) in [6.45, 7) is 3.55. The van der Waals surface area contributed by atoms with E-state index in [-0.39, 0.29) is 5.91 Å². The second-order valence-electron chi connectivity index (χ2n) is 3.58. The van der Waals surface area contributed by atoms with Crippen molar-refractivity contribution < 1.29 is 9.32 Å². The van der Waals surface area contributed by atoms with Crippen LogP contribution in [0, 0.1) is 13.8 Å². The molecule has 88 valence electrons. The quantitative estimate of drug-likeness (QED) is 0.849. The van der Waals surface area contributed by atoms with Gasteiger partial charge >= 0.3 is 0 Å². The predicted octanol–water partition coefficient (Wildman–Crippen LogP) is 3.00. The molecule has 0 saturated carbocycles. The molecule has 4 nitrogen and oxygen atoms in total. The Labute approximate surface area is 103 Å². The van der Waals surface area contributed by atoms with Crippen molar-refractivity contribution in [3.8, 4) is 0 Å². The van der Waals surface area contributed by atoms with Crippen molar-refractivity contribution in [3.05, 3.63) is 39.9 Å². The number of nitrogens with one attached hydrogen (secondary N) is 1. The van der Waals surface area contributed by atoms with Crippen LogP contribution in [0.15, 0.2) is 27.4 Å². The lowest BCUT2D eigenvalue weighted by molar-refractivity contribution is -0.111. The first-order valence-corrected chi connectivity index (χ1v) is 6.05. The summed E-state index contributed by atoms with van der Waals surface area (Å²) in [5, 5.41) is 10.4. The molecule has 0 fully saturated rings. The number of carbonyl (C=O) groups is 1. The second kappa shape index (κ2) is 4.97. The van der Waals surface area contributed by atoms with Crippen LogP contribution < -0.4 is 5.32 Å². The predicted molar refractivity (Wildman–Crippen MR) is 68.0 cm³/mol. The van der Waals surface area contributed by atoms with Crippen molar-refractivity contribution in [3.63, 3.8) is 0 Å². The lowest BCUT2D eigenvalue weighted by atomic mass is 10.3. The van der Waals surface area contributed by atoms with Gasteiger partial charge in [-0.1, -0.05) is 5.16 Å². The average molecular weight is 248 g/mol. The summed E-state index contributed by atoms with van der Waals surface area (Å²) in [7, 11) is 0. The Bertz CT molecular complexity index is 521. The third kappa shape index (κ3) is 2.82. The molecule has 0 radical (unpaired) electrons. The van der Waals surface area contributed by atoms with Crippen LogP contribution in [0.1, 0.15) is 17.0 Å². The number of aromatic nitrogens is 1. The first-order valence-electron chi connectivity index (χ1n) is 5.11. The fourth-order valence-corrected chi connectivity index (χ4v) is 2.00. The Kier molecular flexibility index (Phi) is 3.39. The van der Waals surface area contributed by atoms with Gasteiger partial charge in [-0.25, -0.2) is 0 Å². The van der Waals surface area contributed by atoms with E-state index < -0.39 is 0 Å². The maximum Gasteiger partial charge on any atom is 0.248 e. The molecule has 5 heteroatoms. The van der Waals surface area contributed by atoms with Gasteiger partial charge < -0.3 is 9.84 Å². The number of amides is 1. The zero-order valence-corrected chi connectivity index (χ0v) is 10.4. The summed E-state index contributed by atoms with van der Waals surface area (Å²) in [6.07, 6.45) is 3.26. The highest BCUT2D eigenvalue weighted by Crippen LogP contribution is 2.18. The monoisotopic (exact) mass is 248 g/mol. The molecule has 2 aromatic rings. The van der Waals surface area contributed by atoms with Crippen LogP contribution in [0.4, 0.5) is 5.69 Å². The highest BCUT2D eigenvalue weighted by Gasteiger charge is 2.10. The van der Waals surface area contributed by atoms with E-state index in [0.29, 0.717) is 17.1 Å². The SMILES string of the molecule is Cc1noc(C)c1NC(=O)/C=C/c1ccsc1. The first-order chi connectivity index (χ1) is 8.16. The van der Waals surface area contributed by atoms with Crippen LogP contribution in [0.3, 0.4) is 0 Å². The molecular formula is C12H12N2O2S. The molecule has 0 saturated heterocycles. The molecule has 0 atom stereocenters. The first kappa shape index (κ1) is 11.6. The van der Waals surface area contributed by atoms with Crippen molar-refractivity contribution in [2.75, 3.05) is 5.32 Å². The lowest BCUT2D eigenvalue weighted by Gasteiger charge is -1.99. The molecule has 2 aromatic heterocycles. The maximum absolute atomic E-state index is 11.6. The van der Waals surface area contributed by atoms with Gasteiger partial charge in [0, 0.05) is 6.08 Å².